The van der Waals surface area contributed by atoms with Crippen LogP contribution in [0.4, 0.5) is 10.8 Å². The van der Waals surface area contributed by atoms with Crippen LogP contribution in [0.25, 0.3) is 0 Å². The molecule has 0 fully saturated rings. The summed E-state index contributed by atoms with van der Waals surface area (Å²) in [6, 6.07) is 6.16. The topological polar surface area (TPSA) is 101 Å². The third-order valence-electron chi connectivity index (χ3n) is 2.02. The molecule has 0 aliphatic carbocycles. The van der Waals surface area contributed by atoms with Crippen LogP contribution in [0.15, 0.2) is 28.6 Å². The molecule has 0 atom stereocenters. The molecule has 0 unspecified atom stereocenters. The Kier molecular flexibility index (Phi) is 4.21. The molecule has 1 aromatic carbocycles. The number of amides is 1. The van der Waals surface area contributed by atoms with Crippen LogP contribution in [0, 0.1) is 0 Å². The summed E-state index contributed by atoms with van der Waals surface area (Å²) in [6.07, 6.45) is 0. The highest BCUT2D eigenvalue weighted by Crippen LogP contribution is 2.23. The number of benzene rings is 1. The third kappa shape index (κ3) is 3.65. The lowest BCUT2D eigenvalue weighted by molar-refractivity contribution is -0.114. The van der Waals surface area contributed by atoms with Gasteiger partial charge in [-0.1, -0.05) is 22.9 Å². The number of rotatable bonds is 4. The van der Waals surface area contributed by atoms with E-state index in [1.165, 1.54) is 19.1 Å². The smallest absolute Gasteiger partial charge is 0.291 e. The van der Waals surface area contributed by atoms with Gasteiger partial charge in [-0.15, -0.1) is 10.2 Å². The van der Waals surface area contributed by atoms with E-state index in [1.54, 1.807) is 12.1 Å². The molecule has 0 saturated carbocycles. The Morgan fingerprint density at radius 2 is 1.90 bits per heavy atom. The van der Waals surface area contributed by atoms with E-state index in [-0.39, 0.29) is 15.4 Å². The normalized spacial score (nSPS) is 11.1. The molecule has 106 valence electrons. The van der Waals surface area contributed by atoms with Crippen LogP contribution in [0.2, 0.25) is 5.02 Å². The standard InChI is InChI=1S/C10H9ClN4O3S2/c1-6(16)12-9-13-14-10(19-9)20(17,18)15-8-4-2-7(11)3-5-8/h2-5,15H,1H3,(H,12,13,16). The van der Waals surface area contributed by atoms with Crippen molar-refractivity contribution in [3.8, 4) is 0 Å². The van der Waals surface area contributed by atoms with Gasteiger partial charge < -0.3 is 5.32 Å². The van der Waals surface area contributed by atoms with Gasteiger partial charge in [-0.2, -0.15) is 8.42 Å². The maximum atomic E-state index is 12.0. The molecule has 20 heavy (non-hydrogen) atoms. The molecule has 0 aliphatic rings. The number of sulfonamides is 1. The van der Waals surface area contributed by atoms with Gasteiger partial charge in [-0.05, 0) is 24.3 Å². The largest absolute Gasteiger partial charge is 0.301 e. The van der Waals surface area contributed by atoms with E-state index in [4.69, 9.17) is 11.6 Å². The second kappa shape index (κ2) is 5.73. The van der Waals surface area contributed by atoms with Crippen LogP contribution in [0.3, 0.4) is 0 Å². The van der Waals surface area contributed by atoms with Crippen LogP contribution < -0.4 is 10.0 Å². The zero-order valence-electron chi connectivity index (χ0n) is 10.1. The van der Waals surface area contributed by atoms with Gasteiger partial charge in [0.1, 0.15) is 0 Å². The second-order valence-corrected chi connectivity index (χ2v) is 6.94. The minimum atomic E-state index is -3.84. The summed E-state index contributed by atoms with van der Waals surface area (Å²) in [6.45, 7) is 1.29. The number of nitrogens with one attached hydrogen (secondary N) is 2. The van der Waals surface area contributed by atoms with Crippen molar-refractivity contribution in [2.24, 2.45) is 0 Å². The molecular formula is C10H9ClN4O3S2. The predicted molar refractivity (Wildman–Crippen MR) is 76.5 cm³/mol. The summed E-state index contributed by atoms with van der Waals surface area (Å²) in [4.78, 5) is 10.8. The van der Waals surface area contributed by atoms with E-state index in [9.17, 15) is 13.2 Å². The van der Waals surface area contributed by atoms with E-state index >= 15 is 0 Å². The fraction of sp³-hybridized carbons (Fsp3) is 0.100. The quantitative estimate of drug-likeness (QED) is 0.833. The summed E-state index contributed by atoms with van der Waals surface area (Å²) < 4.78 is 26.2. The third-order valence-corrected chi connectivity index (χ3v) is 4.86. The molecule has 7 nitrogen and oxygen atoms in total. The number of anilines is 2. The lowest BCUT2D eigenvalue weighted by atomic mass is 10.3. The van der Waals surface area contributed by atoms with Gasteiger partial charge in [0.15, 0.2) is 0 Å². The van der Waals surface area contributed by atoms with Crippen molar-refractivity contribution in [3.05, 3.63) is 29.3 Å². The van der Waals surface area contributed by atoms with Gasteiger partial charge in [0, 0.05) is 17.6 Å². The van der Waals surface area contributed by atoms with Gasteiger partial charge in [0.25, 0.3) is 14.4 Å². The molecule has 0 aliphatic heterocycles. The fourth-order valence-electron chi connectivity index (χ4n) is 1.24. The number of carbonyl (C=O) groups is 1. The van der Waals surface area contributed by atoms with E-state index in [1.807, 2.05) is 0 Å². The number of nitrogens with zero attached hydrogens (tertiary/aromatic N) is 2. The number of hydrogen-bond donors (Lipinski definition) is 2. The zero-order chi connectivity index (χ0) is 14.8. The molecule has 1 heterocycles. The first-order chi connectivity index (χ1) is 9.37. The SMILES string of the molecule is CC(=O)Nc1nnc(S(=O)(=O)Nc2ccc(Cl)cc2)s1. The van der Waals surface area contributed by atoms with Crippen molar-refractivity contribution >= 4 is 49.7 Å². The van der Waals surface area contributed by atoms with E-state index in [0.717, 1.165) is 11.3 Å². The zero-order valence-corrected chi connectivity index (χ0v) is 12.5. The van der Waals surface area contributed by atoms with Crippen LogP contribution in [0.1, 0.15) is 6.92 Å². The van der Waals surface area contributed by atoms with Crippen molar-refractivity contribution in [1.82, 2.24) is 10.2 Å². The van der Waals surface area contributed by atoms with Crippen molar-refractivity contribution in [2.75, 3.05) is 10.0 Å². The van der Waals surface area contributed by atoms with Crippen LogP contribution in [0.5, 0.6) is 0 Å². The Morgan fingerprint density at radius 3 is 2.50 bits per heavy atom. The average Bonchev–Trinajstić information content (AvgIpc) is 2.80. The van der Waals surface area contributed by atoms with Gasteiger partial charge >= 0.3 is 0 Å². The Hall–Kier alpha value is -1.71. The van der Waals surface area contributed by atoms with Gasteiger partial charge in [-0.25, -0.2) is 0 Å². The lowest BCUT2D eigenvalue weighted by Gasteiger charge is -2.04. The average molecular weight is 333 g/mol. The molecule has 0 spiro atoms. The summed E-state index contributed by atoms with van der Waals surface area (Å²) in [5.41, 5.74) is 0.352. The monoisotopic (exact) mass is 332 g/mol. The van der Waals surface area contributed by atoms with Gasteiger partial charge in [-0.3, -0.25) is 9.52 Å². The molecule has 0 radical (unpaired) electrons. The number of hydrogen-bond acceptors (Lipinski definition) is 6. The Bertz CT molecular complexity index is 727. The Morgan fingerprint density at radius 1 is 1.25 bits per heavy atom. The summed E-state index contributed by atoms with van der Waals surface area (Å²) in [5, 5.41) is 10.1. The lowest BCUT2D eigenvalue weighted by Crippen LogP contribution is -2.12. The van der Waals surface area contributed by atoms with Crippen molar-refractivity contribution in [1.29, 1.82) is 0 Å². The van der Waals surface area contributed by atoms with Crippen LogP contribution in [-0.4, -0.2) is 24.5 Å². The van der Waals surface area contributed by atoms with Crippen LogP contribution in [-0.2, 0) is 14.8 Å². The number of carbonyl (C=O) groups excluding carboxylic acids is 1. The summed E-state index contributed by atoms with van der Waals surface area (Å²) in [7, 11) is -3.84. The first kappa shape index (κ1) is 14.7. The molecule has 1 aromatic heterocycles. The molecule has 1 amide bonds. The fourth-order valence-corrected chi connectivity index (χ4v) is 3.37. The molecule has 2 aromatic rings. The van der Waals surface area contributed by atoms with Crippen LogP contribution >= 0.6 is 22.9 Å². The predicted octanol–water partition coefficient (Wildman–Crippen LogP) is 1.95. The molecule has 0 saturated heterocycles. The molecular weight excluding hydrogens is 324 g/mol. The number of aromatic nitrogens is 2. The minimum absolute atomic E-state index is 0.119. The van der Waals surface area contributed by atoms with E-state index < -0.39 is 10.0 Å². The van der Waals surface area contributed by atoms with Crippen molar-refractivity contribution in [2.45, 2.75) is 11.3 Å². The molecule has 2 rings (SSSR count). The first-order valence-corrected chi connectivity index (χ1v) is 7.94. The molecule has 2 N–H and O–H groups in total. The second-order valence-electron chi connectivity index (χ2n) is 3.67. The first-order valence-electron chi connectivity index (χ1n) is 5.26. The summed E-state index contributed by atoms with van der Waals surface area (Å²) >= 11 is 6.47. The highest BCUT2D eigenvalue weighted by molar-refractivity contribution is 7.94. The van der Waals surface area contributed by atoms with Crippen molar-refractivity contribution < 1.29 is 13.2 Å². The van der Waals surface area contributed by atoms with Gasteiger partial charge in [0.05, 0.1) is 0 Å². The highest BCUT2D eigenvalue weighted by atomic mass is 35.5. The van der Waals surface area contributed by atoms with E-state index in [0.29, 0.717) is 10.7 Å². The molecule has 10 heteroatoms. The highest BCUT2D eigenvalue weighted by Gasteiger charge is 2.20. The van der Waals surface area contributed by atoms with Crippen molar-refractivity contribution in [3.63, 3.8) is 0 Å². The number of halogens is 1. The van der Waals surface area contributed by atoms with Gasteiger partial charge in [0.2, 0.25) is 11.0 Å². The minimum Gasteiger partial charge on any atom is -0.301 e. The maximum absolute atomic E-state index is 12.0. The Balaban J connectivity index is 2.19. The maximum Gasteiger partial charge on any atom is 0.291 e. The molecule has 0 bridgehead atoms. The van der Waals surface area contributed by atoms with E-state index in [2.05, 4.69) is 20.2 Å². The Labute approximate surface area is 124 Å². The summed E-state index contributed by atoms with van der Waals surface area (Å²) in [5.74, 6) is -0.351.